The molecule has 0 N–H and O–H groups in total. The van der Waals surface area contributed by atoms with Gasteiger partial charge in [0, 0.05) is 0 Å². The molecular formula is C63H120. The average molecular weight is 878 g/mol. The van der Waals surface area contributed by atoms with Crippen LogP contribution in [0.25, 0.3) is 0 Å². The van der Waals surface area contributed by atoms with E-state index in [4.69, 9.17) is 0 Å². The molecule has 1 aromatic rings. The van der Waals surface area contributed by atoms with Gasteiger partial charge in [0.15, 0.2) is 0 Å². The first-order chi connectivity index (χ1) is 31.3. The van der Waals surface area contributed by atoms with E-state index >= 15 is 0 Å². The van der Waals surface area contributed by atoms with Crippen LogP contribution >= 0.6 is 0 Å². The molecule has 372 valence electrons. The molecule has 0 heteroatoms. The smallest absolute Gasteiger partial charge is 0.0273 e. The molecule has 1 aromatic carbocycles. The number of rotatable bonds is 53. The van der Waals surface area contributed by atoms with E-state index in [1.54, 1.807) is 16.7 Å². The minimum Gasteiger partial charge on any atom is -0.0654 e. The standard InChI is InChI=1S/C63H120/c1-5-9-12-15-18-21-24-27-30-33-36-39-42-45-48-51-55-61-58-60(54-8-4)59-62(56-52-49-46-43-40-37-34-31-28-25-22-19-16-13-10-6-2)63(61)57-53-50-47-44-41-38-35-32-29-26-23-20-17-14-11-7-3/h58-59H,5-57H2,1-4H3. The Labute approximate surface area is 400 Å². The maximum Gasteiger partial charge on any atom is -0.0273 e. The van der Waals surface area contributed by atoms with E-state index in [2.05, 4.69) is 39.8 Å². The lowest BCUT2D eigenvalue weighted by Gasteiger charge is -2.18. The average Bonchev–Trinajstić information content (AvgIpc) is 3.29. The number of hydrogen-bond donors (Lipinski definition) is 0. The van der Waals surface area contributed by atoms with E-state index in [0.29, 0.717) is 0 Å². The molecule has 0 unspecified atom stereocenters. The molecule has 1 rings (SSSR count). The van der Waals surface area contributed by atoms with Crippen LogP contribution in [-0.2, 0) is 25.7 Å². The third-order valence-electron chi connectivity index (χ3n) is 14.9. The molecule has 0 fully saturated rings. The first-order valence-corrected chi connectivity index (χ1v) is 30.4. The zero-order valence-corrected chi connectivity index (χ0v) is 44.6. The zero-order valence-electron chi connectivity index (χ0n) is 44.6. The van der Waals surface area contributed by atoms with Crippen molar-refractivity contribution in [3.8, 4) is 0 Å². The van der Waals surface area contributed by atoms with Gasteiger partial charge in [0.05, 0.1) is 0 Å². The van der Waals surface area contributed by atoms with Gasteiger partial charge >= 0.3 is 0 Å². The van der Waals surface area contributed by atoms with Gasteiger partial charge in [-0.15, -0.1) is 0 Å². The van der Waals surface area contributed by atoms with Crippen molar-refractivity contribution in [1.29, 1.82) is 0 Å². The predicted octanol–water partition coefficient (Wildman–Crippen LogP) is 23.1. The lowest BCUT2D eigenvalue weighted by atomic mass is 9.87. The fourth-order valence-electron chi connectivity index (χ4n) is 10.6. The summed E-state index contributed by atoms with van der Waals surface area (Å²) in [6.45, 7) is 9.35. The molecule has 0 aliphatic heterocycles. The Bertz CT molecular complexity index is 946. The lowest BCUT2D eigenvalue weighted by molar-refractivity contribution is 0.527. The van der Waals surface area contributed by atoms with Crippen LogP contribution in [0.1, 0.15) is 365 Å². The normalized spacial score (nSPS) is 11.7. The van der Waals surface area contributed by atoms with E-state index in [1.807, 2.05) is 5.56 Å². The van der Waals surface area contributed by atoms with Crippen LogP contribution in [-0.4, -0.2) is 0 Å². The van der Waals surface area contributed by atoms with Crippen molar-refractivity contribution in [3.63, 3.8) is 0 Å². The summed E-state index contributed by atoms with van der Waals surface area (Å²) in [6.07, 6.45) is 76.5. The van der Waals surface area contributed by atoms with E-state index in [-0.39, 0.29) is 0 Å². The molecule has 0 aromatic heterocycles. The maximum atomic E-state index is 2.69. The summed E-state index contributed by atoms with van der Waals surface area (Å²) < 4.78 is 0. The Kier molecular flexibility index (Phi) is 48.4. The van der Waals surface area contributed by atoms with Crippen LogP contribution in [0.4, 0.5) is 0 Å². The second-order valence-electron chi connectivity index (χ2n) is 21.3. The van der Waals surface area contributed by atoms with Crippen molar-refractivity contribution in [2.24, 2.45) is 0 Å². The Hall–Kier alpha value is -0.780. The summed E-state index contributed by atoms with van der Waals surface area (Å²) in [6, 6.07) is 5.38. The van der Waals surface area contributed by atoms with Crippen LogP contribution in [0, 0.1) is 0 Å². The number of benzene rings is 1. The topological polar surface area (TPSA) is 0 Å². The van der Waals surface area contributed by atoms with Crippen LogP contribution in [0.2, 0.25) is 0 Å². The van der Waals surface area contributed by atoms with Gasteiger partial charge in [-0.1, -0.05) is 335 Å². The Morgan fingerprint density at radius 1 is 0.190 bits per heavy atom. The molecule has 0 aliphatic rings. The Morgan fingerprint density at radius 2 is 0.381 bits per heavy atom. The second kappa shape index (κ2) is 50.6. The minimum absolute atomic E-state index is 1.26. The van der Waals surface area contributed by atoms with E-state index in [0.717, 1.165) is 0 Å². The molecule has 0 radical (unpaired) electrons. The summed E-state index contributed by atoms with van der Waals surface area (Å²) in [5, 5.41) is 0. The minimum atomic E-state index is 1.26. The van der Waals surface area contributed by atoms with Crippen LogP contribution < -0.4 is 0 Å². The molecule has 0 amide bonds. The molecular weight excluding hydrogens is 757 g/mol. The highest BCUT2D eigenvalue weighted by Crippen LogP contribution is 2.27. The largest absolute Gasteiger partial charge is 0.0654 e. The van der Waals surface area contributed by atoms with Crippen molar-refractivity contribution in [3.05, 3.63) is 34.4 Å². The fourth-order valence-corrected chi connectivity index (χ4v) is 10.6. The molecule has 63 heavy (non-hydrogen) atoms. The molecule has 0 aliphatic carbocycles. The summed E-state index contributed by atoms with van der Waals surface area (Å²) >= 11 is 0. The van der Waals surface area contributed by atoms with Gasteiger partial charge in [-0.2, -0.15) is 0 Å². The van der Waals surface area contributed by atoms with Crippen molar-refractivity contribution < 1.29 is 0 Å². The molecule has 0 bridgehead atoms. The number of unbranched alkanes of at least 4 members (excludes halogenated alkanes) is 45. The van der Waals surface area contributed by atoms with E-state index < -0.39 is 0 Å². The first kappa shape index (κ1) is 60.2. The molecule has 0 heterocycles. The predicted molar refractivity (Wildman–Crippen MR) is 290 cm³/mol. The van der Waals surface area contributed by atoms with Crippen LogP contribution in [0.15, 0.2) is 12.1 Å². The van der Waals surface area contributed by atoms with Gasteiger partial charge in [-0.25, -0.2) is 0 Å². The molecule has 0 saturated carbocycles. The summed E-state index contributed by atoms with van der Waals surface area (Å²) in [7, 11) is 0. The third-order valence-corrected chi connectivity index (χ3v) is 14.9. The number of hydrogen-bond acceptors (Lipinski definition) is 0. The van der Waals surface area contributed by atoms with Crippen molar-refractivity contribution in [2.45, 2.75) is 368 Å². The number of aryl methyl sites for hydroxylation is 3. The first-order valence-electron chi connectivity index (χ1n) is 30.4. The van der Waals surface area contributed by atoms with Gasteiger partial charge in [0.2, 0.25) is 0 Å². The molecule has 0 atom stereocenters. The highest BCUT2D eigenvalue weighted by atomic mass is 14.2. The highest BCUT2D eigenvalue weighted by molar-refractivity contribution is 5.40. The Morgan fingerprint density at radius 3 is 0.587 bits per heavy atom. The van der Waals surface area contributed by atoms with Crippen LogP contribution in [0.5, 0.6) is 0 Å². The van der Waals surface area contributed by atoms with E-state index in [1.165, 1.54) is 340 Å². The van der Waals surface area contributed by atoms with Crippen molar-refractivity contribution in [2.75, 3.05) is 0 Å². The van der Waals surface area contributed by atoms with Gasteiger partial charge in [-0.05, 0) is 67.2 Å². The van der Waals surface area contributed by atoms with Gasteiger partial charge in [0.25, 0.3) is 0 Å². The summed E-state index contributed by atoms with van der Waals surface area (Å²) in [5.74, 6) is 0. The fraction of sp³-hybridized carbons (Fsp3) is 0.905. The summed E-state index contributed by atoms with van der Waals surface area (Å²) in [4.78, 5) is 0. The third kappa shape index (κ3) is 41.2. The Balaban J connectivity index is 2.47. The van der Waals surface area contributed by atoms with Gasteiger partial charge in [-0.3, -0.25) is 0 Å². The maximum absolute atomic E-state index is 2.69. The van der Waals surface area contributed by atoms with Gasteiger partial charge in [0.1, 0.15) is 0 Å². The van der Waals surface area contributed by atoms with E-state index in [9.17, 15) is 0 Å². The van der Waals surface area contributed by atoms with Crippen LogP contribution in [0.3, 0.4) is 0 Å². The quantitative estimate of drug-likeness (QED) is 0.0572. The molecule has 0 spiro atoms. The summed E-state index contributed by atoms with van der Waals surface area (Å²) in [5.41, 5.74) is 6.98. The van der Waals surface area contributed by atoms with Gasteiger partial charge < -0.3 is 0 Å². The zero-order chi connectivity index (χ0) is 45.2. The lowest BCUT2D eigenvalue weighted by Crippen LogP contribution is -2.04. The van der Waals surface area contributed by atoms with Crippen molar-refractivity contribution in [1.82, 2.24) is 0 Å². The molecule has 0 nitrogen and oxygen atoms in total. The molecule has 0 saturated heterocycles. The SMILES string of the molecule is CCCCCCCCCCCCCCCCCCc1cc(CCC)cc(CCCCCCCCCCCCCCCCCC)c1CCCCCCCCCCCCCCCCCC. The highest BCUT2D eigenvalue weighted by Gasteiger charge is 2.12. The second-order valence-corrected chi connectivity index (χ2v) is 21.3. The van der Waals surface area contributed by atoms with Crippen molar-refractivity contribution >= 4 is 0 Å². The monoisotopic (exact) mass is 877 g/mol.